The van der Waals surface area contributed by atoms with Crippen LogP contribution in [0.1, 0.15) is 24.5 Å². The smallest absolute Gasteiger partial charge is 0.159 e. The summed E-state index contributed by atoms with van der Waals surface area (Å²) in [4.78, 5) is 4.40. The van der Waals surface area contributed by atoms with E-state index in [0.717, 1.165) is 38.1 Å². The van der Waals surface area contributed by atoms with Crippen LogP contribution >= 0.6 is 0 Å². The number of hydrogen-bond acceptors (Lipinski definition) is 3. The Labute approximate surface area is 118 Å². The molecule has 5 heteroatoms. The van der Waals surface area contributed by atoms with E-state index >= 15 is 0 Å². The molecule has 1 aromatic carbocycles. The molecule has 0 amide bonds. The third-order valence-electron chi connectivity index (χ3n) is 4.10. The van der Waals surface area contributed by atoms with E-state index in [0.29, 0.717) is 18.2 Å². The molecule has 0 radical (unpaired) electrons. The highest BCUT2D eigenvalue weighted by atomic mass is 19.2. The van der Waals surface area contributed by atoms with Crippen LogP contribution in [-0.4, -0.2) is 54.7 Å². The van der Waals surface area contributed by atoms with Gasteiger partial charge >= 0.3 is 0 Å². The fraction of sp³-hybridized carbons (Fsp3) is 0.600. The van der Waals surface area contributed by atoms with Crippen LogP contribution in [0.5, 0.6) is 0 Å². The van der Waals surface area contributed by atoms with Crippen LogP contribution < -0.4 is 0 Å². The fourth-order valence-electron chi connectivity index (χ4n) is 2.68. The highest BCUT2D eigenvalue weighted by Gasteiger charge is 2.22. The summed E-state index contributed by atoms with van der Waals surface area (Å²) in [7, 11) is 4.07. The summed E-state index contributed by atoms with van der Waals surface area (Å²) in [5, 5.41) is 10.1. The molecule has 2 rings (SSSR count). The second-order valence-corrected chi connectivity index (χ2v) is 5.66. The number of nitrogens with zero attached hydrogens (tertiary/aromatic N) is 2. The average Bonchev–Trinajstić information content (AvgIpc) is 2.42. The Morgan fingerprint density at radius 3 is 2.55 bits per heavy atom. The first kappa shape index (κ1) is 15.4. The normalized spacial score (nSPS) is 19.5. The number of halogens is 2. The van der Waals surface area contributed by atoms with Gasteiger partial charge in [0.25, 0.3) is 0 Å². The van der Waals surface area contributed by atoms with Crippen LogP contribution in [-0.2, 0) is 0 Å². The van der Waals surface area contributed by atoms with Crippen molar-refractivity contribution in [2.24, 2.45) is 0 Å². The van der Waals surface area contributed by atoms with E-state index in [2.05, 4.69) is 16.8 Å². The topological polar surface area (TPSA) is 26.7 Å². The molecule has 0 bridgehead atoms. The van der Waals surface area contributed by atoms with E-state index in [1.54, 1.807) is 0 Å². The summed E-state index contributed by atoms with van der Waals surface area (Å²) < 4.78 is 26.0. The van der Waals surface area contributed by atoms with E-state index in [-0.39, 0.29) is 0 Å². The Morgan fingerprint density at radius 1 is 1.30 bits per heavy atom. The summed E-state index contributed by atoms with van der Waals surface area (Å²) in [5.74, 6) is -1.80. The molecule has 1 aliphatic heterocycles. The number of rotatable bonds is 4. The van der Waals surface area contributed by atoms with Gasteiger partial charge in [0.2, 0.25) is 0 Å². The largest absolute Gasteiger partial charge is 0.387 e. The first-order valence-corrected chi connectivity index (χ1v) is 6.99. The highest BCUT2D eigenvalue weighted by molar-refractivity contribution is 5.20. The molecule has 0 aromatic heterocycles. The highest BCUT2D eigenvalue weighted by Crippen LogP contribution is 2.20. The minimum absolute atomic E-state index is 0.420. The molecule has 0 saturated carbocycles. The summed E-state index contributed by atoms with van der Waals surface area (Å²) in [6, 6.07) is 4.00. The number of likely N-dealkylation sites (tertiary alicyclic amines) is 1. The third-order valence-corrected chi connectivity index (χ3v) is 4.10. The molecule has 1 N–H and O–H groups in total. The van der Waals surface area contributed by atoms with Gasteiger partial charge in [0, 0.05) is 12.6 Å². The van der Waals surface area contributed by atoms with Crippen LogP contribution in [0.25, 0.3) is 0 Å². The Balaban J connectivity index is 1.93. The second kappa shape index (κ2) is 6.61. The second-order valence-electron chi connectivity index (χ2n) is 5.66. The minimum Gasteiger partial charge on any atom is -0.387 e. The van der Waals surface area contributed by atoms with Gasteiger partial charge in [-0.05, 0) is 57.7 Å². The molecule has 1 saturated heterocycles. The van der Waals surface area contributed by atoms with Crippen molar-refractivity contribution in [1.29, 1.82) is 0 Å². The summed E-state index contributed by atoms with van der Waals surface area (Å²) in [6.45, 7) is 2.53. The van der Waals surface area contributed by atoms with E-state index in [9.17, 15) is 13.9 Å². The predicted octanol–water partition coefficient (Wildman–Crippen LogP) is 2.02. The van der Waals surface area contributed by atoms with E-state index < -0.39 is 17.7 Å². The van der Waals surface area contributed by atoms with Crippen molar-refractivity contribution in [1.82, 2.24) is 9.80 Å². The minimum atomic E-state index is -0.913. The number of piperidine rings is 1. The summed E-state index contributed by atoms with van der Waals surface area (Å²) in [6.07, 6.45) is 1.34. The van der Waals surface area contributed by atoms with Gasteiger partial charge in [-0.25, -0.2) is 8.78 Å². The van der Waals surface area contributed by atoms with E-state index in [1.165, 1.54) is 6.07 Å². The van der Waals surface area contributed by atoms with Crippen LogP contribution in [0, 0.1) is 11.6 Å². The lowest BCUT2D eigenvalue weighted by Gasteiger charge is -2.36. The average molecular weight is 284 g/mol. The molecule has 1 fully saturated rings. The molecule has 20 heavy (non-hydrogen) atoms. The van der Waals surface area contributed by atoms with Gasteiger partial charge < -0.3 is 14.9 Å². The zero-order chi connectivity index (χ0) is 14.7. The maximum absolute atomic E-state index is 13.2. The van der Waals surface area contributed by atoms with Crippen LogP contribution in [0.3, 0.4) is 0 Å². The Kier molecular flexibility index (Phi) is 5.07. The van der Waals surface area contributed by atoms with Crippen molar-refractivity contribution in [3.05, 3.63) is 35.4 Å². The lowest BCUT2D eigenvalue weighted by Crippen LogP contribution is -2.43. The Morgan fingerprint density at radius 2 is 1.95 bits per heavy atom. The van der Waals surface area contributed by atoms with Crippen LogP contribution in [0.15, 0.2) is 18.2 Å². The van der Waals surface area contributed by atoms with Gasteiger partial charge in [-0.3, -0.25) is 0 Å². The molecule has 0 spiro atoms. The molecule has 1 heterocycles. The molecule has 1 atom stereocenters. The van der Waals surface area contributed by atoms with E-state index in [4.69, 9.17) is 0 Å². The van der Waals surface area contributed by atoms with Crippen molar-refractivity contribution in [2.75, 3.05) is 33.7 Å². The number of hydrogen-bond donors (Lipinski definition) is 1. The van der Waals surface area contributed by atoms with Crippen molar-refractivity contribution < 1.29 is 13.9 Å². The molecule has 1 aliphatic rings. The van der Waals surface area contributed by atoms with Gasteiger partial charge in [-0.15, -0.1) is 0 Å². The molecule has 3 nitrogen and oxygen atoms in total. The number of likely N-dealkylation sites (N-methyl/N-ethyl adjacent to an activating group) is 1. The molecule has 1 unspecified atom stereocenters. The number of benzene rings is 1. The quantitative estimate of drug-likeness (QED) is 0.916. The zero-order valence-corrected chi connectivity index (χ0v) is 12.0. The van der Waals surface area contributed by atoms with Gasteiger partial charge in [0.05, 0.1) is 6.10 Å². The SMILES string of the molecule is CN1CCC(N(C)CC(O)c2ccc(F)c(F)c2)CC1. The van der Waals surface area contributed by atoms with Crippen molar-refractivity contribution in [3.63, 3.8) is 0 Å². The van der Waals surface area contributed by atoms with Crippen molar-refractivity contribution >= 4 is 0 Å². The lowest BCUT2D eigenvalue weighted by molar-refractivity contribution is 0.0786. The first-order chi connectivity index (χ1) is 9.47. The zero-order valence-electron chi connectivity index (χ0n) is 12.0. The fourth-order valence-corrected chi connectivity index (χ4v) is 2.68. The van der Waals surface area contributed by atoms with Gasteiger partial charge in [-0.1, -0.05) is 6.07 Å². The predicted molar refractivity (Wildman–Crippen MR) is 74.5 cm³/mol. The monoisotopic (exact) mass is 284 g/mol. The van der Waals surface area contributed by atoms with Gasteiger partial charge in [0.1, 0.15) is 0 Å². The van der Waals surface area contributed by atoms with Crippen LogP contribution in [0.4, 0.5) is 8.78 Å². The standard InChI is InChI=1S/C15H22F2N2O/c1-18-7-5-12(6-8-18)19(2)10-15(20)11-3-4-13(16)14(17)9-11/h3-4,9,12,15,20H,5-8,10H2,1-2H3. The van der Waals surface area contributed by atoms with Gasteiger partial charge in [0.15, 0.2) is 11.6 Å². The Bertz CT molecular complexity index is 447. The number of aliphatic hydroxyl groups is 1. The molecular formula is C15H22F2N2O. The Hall–Kier alpha value is -1.04. The first-order valence-electron chi connectivity index (χ1n) is 6.99. The molecule has 112 valence electrons. The molecular weight excluding hydrogens is 262 g/mol. The molecule has 0 aliphatic carbocycles. The van der Waals surface area contributed by atoms with Crippen molar-refractivity contribution in [3.8, 4) is 0 Å². The maximum atomic E-state index is 13.2. The van der Waals surface area contributed by atoms with Crippen molar-refractivity contribution in [2.45, 2.75) is 25.0 Å². The summed E-state index contributed by atoms with van der Waals surface area (Å²) in [5.41, 5.74) is 0.420. The lowest BCUT2D eigenvalue weighted by atomic mass is 10.0. The maximum Gasteiger partial charge on any atom is 0.159 e. The van der Waals surface area contributed by atoms with Crippen LogP contribution in [0.2, 0.25) is 0 Å². The number of aliphatic hydroxyl groups excluding tert-OH is 1. The van der Waals surface area contributed by atoms with Gasteiger partial charge in [-0.2, -0.15) is 0 Å². The third kappa shape index (κ3) is 3.75. The molecule has 1 aromatic rings. The van der Waals surface area contributed by atoms with E-state index in [1.807, 2.05) is 7.05 Å². The summed E-state index contributed by atoms with van der Waals surface area (Å²) >= 11 is 0.